The highest BCUT2D eigenvalue weighted by Gasteiger charge is 2.36. The van der Waals surface area contributed by atoms with Crippen LogP contribution >= 0.6 is 23.2 Å². The summed E-state index contributed by atoms with van der Waals surface area (Å²) in [7, 11) is 0. The van der Waals surface area contributed by atoms with Crippen molar-refractivity contribution < 1.29 is 21.9 Å². The molecule has 0 aromatic heterocycles. The number of halogens is 3. The van der Waals surface area contributed by atoms with Crippen LogP contribution in [0.3, 0.4) is 0 Å². The predicted octanol–water partition coefficient (Wildman–Crippen LogP) is -0.280. The molecule has 1 aromatic rings. The van der Waals surface area contributed by atoms with E-state index in [0.29, 0.717) is 16.2 Å². The highest BCUT2D eigenvalue weighted by Crippen LogP contribution is 2.36. The lowest BCUT2D eigenvalue weighted by atomic mass is 10.2. The molecule has 96 valence electrons. The maximum atomic E-state index is 6.09. The summed E-state index contributed by atoms with van der Waals surface area (Å²) < 4.78 is 0. The Balaban J connectivity index is 0.00000144. The summed E-state index contributed by atoms with van der Waals surface area (Å²) in [4.78, 5) is 3.83. The van der Waals surface area contributed by atoms with Gasteiger partial charge in [-0.15, -0.1) is 0 Å². The molecule has 0 bridgehead atoms. The number of hydrogen-bond donors (Lipinski definition) is 1. The second kappa shape index (κ2) is 5.79. The fourth-order valence-electron chi connectivity index (χ4n) is 2.58. The number of nitrogens with zero attached hydrogens (tertiary/aromatic N) is 1. The zero-order valence-electron chi connectivity index (χ0n) is 10.2. The minimum Gasteiger partial charge on any atom is -1.00 e. The second-order valence-corrected chi connectivity index (χ2v) is 4.94. The summed E-state index contributed by atoms with van der Waals surface area (Å²) in [6, 6.07) is 3.99. The number of nitrogens with one attached hydrogen (secondary N) is 1. The van der Waals surface area contributed by atoms with Crippen molar-refractivity contribution in [1.82, 2.24) is 0 Å². The van der Waals surface area contributed by atoms with Crippen LogP contribution in [-0.4, -0.2) is 19.3 Å². The molecule has 1 aliphatic heterocycles. The van der Waals surface area contributed by atoms with Gasteiger partial charge in [0.2, 0.25) is 0 Å². The lowest BCUT2D eigenvalue weighted by molar-refractivity contribution is -0.849. The Bertz CT molecular complexity index is 375. The van der Waals surface area contributed by atoms with Crippen molar-refractivity contribution >= 4 is 34.6 Å². The molecule has 1 aliphatic rings. The fraction of sp³-hybridized carbons (Fsp3) is 0.500. The van der Waals surface area contributed by atoms with Crippen LogP contribution in [0, 0.1) is 0 Å². The standard InChI is InChI=1S/C12H16Cl2N2.BrH/c1-4-15-8(3)16(5-2)12-7-10(14)9(13)6-11(12)15;/h6-8H,4-5H2,1-3H3;1H. The third kappa shape index (κ3) is 2.43. The average Bonchev–Trinajstić information content (AvgIpc) is 2.50. The molecule has 2 rings (SSSR count). The van der Waals surface area contributed by atoms with Crippen molar-refractivity contribution in [3.8, 4) is 0 Å². The van der Waals surface area contributed by atoms with Gasteiger partial charge in [0.1, 0.15) is 5.69 Å². The summed E-state index contributed by atoms with van der Waals surface area (Å²) in [6.07, 6.45) is 0.458. The van der Waals surface area contributed by atoms with Crippen LogP contribution in [0.1, 0.15) is 20.8 Å². The van der Waals surface area contributed by atoms with Crippen molar-refractivity contribution in [2.45, 2.75) is 26.9 Å². The van der Waals surface area contributed by atoms with Crippen molar-refractivity contribution in [2.24, 2.45) is 0 Å². The third-order valence-electron chi connectivity index (χ3n) is 3.39. The van der Waals surface area contributed by atoms with Crippen LogP contribution in [0.4, 0.5) is 11.4 Å². The molecule has 0 aliphatic carbocycles. The first-order chi connectivity index (χ1) is 7.60. The Morgan fingerprint density at radius 3 is 2.35 bits per heavy atom. The van der Waals surface area contributed by atoms with E-state index in [1.807, 2.05) is 12.1 Å². The maximum absolute atomic E-state index is 6.09. The van der Waals surface area contributed by atoms with Gasteiger partial charge in [-0.05, 0) is 19.9 Å². The molecule has 2 atom stereocenters. The molecule has 0 spiro atoms. The molecule has 1 aromatic carbocycles. The van der Waals surface area contributed by atoms with E-state index >= 15 is 0 Å². The van der Waals surface area contributed by atoms with Gasteiger partial charge in [-0.25, -0.2) is 0 Å². The van der Waals surface area contributed by atoms with Crippen molar-refractivity contribution in [3.63, 3.8) is 0 Å². The molecular formula is C12H17BrCl2N2. The summed E-state index contributed by atoms with van der Waals surface area (Å²) in [6.45, 7) is 8.65. The number of benzene rings is 1. The van der Waals surface area contributed by atoms with Crippen LogP contribution < -0.4 is 26.8 Å². The second-order valence-electron chi connectivity index (χ2n) is 4.12. The van der Waals surface area contributed by atoms with Crippen molar-refractivity contribution in [1.29, 1.82) is 0 Å². The first-order valence-corrected chi connectivity index (χ1v) is 6.47. The SMILES string of the molecule is CCN1c2cc(Cl)c(Cl)cc2[NH+](CC)C1C.[Br-]. The van der Waals surface area contributed by atoms with Gasteiger partial charge in [0.25, 0.3) is 0 Å². The van der Waals surface area contributed by atoms with E-state index in [2.05, 4.69) is 25.7 Å². The number of anilines is 1. The summed E-state index contributed by atoms with van der Waals surface area (Å²) in [5.41, 5.74) is 2.49. The van der Waals surface area contributed by atoms with Crippen LogP contribution in [0.5, 0.6) is 0 Å². The quantitative estimate of drug-likeness (QED) is 0.778. The van der Waals surface area contributed by atoms with Crippen LogP contribution in [-0.2, 0) is 0 Å². The molecular weight excluding hydrogens is 323 g/mol. The number of fused-ring (bicyclic) bond motifs is 1. The van der Waals surface area contributed by atoms with Gasteiger partial charge in [-0.3, -0.25) is 4.90 Å². The van der Waals surface area contributed by atoms with E-state index in [1.54, 1.807) is 0 Å². The normalized spacial score (nSPS) is 22.3. The molecule has 1 N–H and O–H groups in total. The van der Waals surface area contributed by atoms with Crippen LogP contribution in [0.25, 0.3) is 0 Å². The zero-order chi connectivity index (χ0) is 11.9. The number of quaternary nitrogens is 1. The first kappa shape index (κ1) is 15.1. The summed E-state index contributed by atoms with van der Waals surface area (Å²) in [5.74, 6) is 0. The Hall–Kier alpha value is 0.0400. The molecule has 0 saturated heterocycles. The molecule has 2 nitrogen and oxygen atoms in total. The average molecular weight is 340 g/mol. The molecule has 0 fully saturated rings. The van der Waals surface area contributed by atoms with Crippen LogP contribution in [0.2, 0.25) is 10.0 Å². The third-order valence-corrected chi connectivity index (χ3v) is 4.11. The lowest BCUT2D eigenvalue weighted by Crippen LogP contribution is -3.10. The molecule has 17 heavy (non-hydrogen) atoms. The Kier molecular flexibility index (Phi) is 5.14. The van der Waals surface area contributed by atoms with E-state index < -0.39 is 0 Å². The highest BCUT2D eigenvalue weighted by atomic mass is 79.9. The van der Waals surface area contributed by atoms with Gasteiger partial charge in [-0.2, -0.15) is 0 Å². The largest absolute Gasteiger partial charge is 1.00 e. The van der Waals surface area contributed by atoms with Gasteiger partial charge in [0.15, 0.2) is 11.9 Å². The molecule has 1 heterocycles. The Morgan fingerprint density at radius 1 is 1.24 bits per heavy atom. The van der Waals surface area contributed by atoms with Gasteiger partial charge in [0.05, 0.1) is 16.6 Å². The minimum absolute atomic E-state index is 0. The van der Waals surface area contributed by atoms with Crippen LogP contribution in [0.15, 0.2) is 12.1 Å². The summed E-state index contributed by atoms with van der Waals surface area (Å²) in [5, 5.41) is 1.29. The topological polar surface area (TPSA) is 7.68 Å². The van der Waals surface area contributed by atoms with Crippen molar-refractivity contribution in [2.75, 3.05) is 18.0 Å². The fourth-order valence-corrected chi connectivity index (χ4v) is 2.90. The zero-order valence-corrected chi connectivity index (χ0v) is 13.3. The number of hydrogen-bond acceptors (Lipinski definition) is 1. The summed E-state index contributed by atoms with van der Waals surface area (Å²) >= 11 is 12.2. The van der Waals surface area contributed by atoms with E-state index in [0.717, 1.165) is 13.1 Å². The number of rotatable bonds is 2. The van der Waals surface area contributed by atoms with E-state index in [1.165, 1.54) is 16.3 Å². The van der Waals surface area contributed by atoms with Gasteiger partial charge >= 0.3 is 0 Å². The lowest BCUT2D eigenvalue weighted by Gasteiger charge is -2.23. The maximum Gasteiger partial charge on any atom is 0.165 e. The Morgan fingerprint density at radius 2 is 1.82 bits per heavy atom. The monoisotopic (exact) mass is 338 g/mol. The van der Waals surface area contributed by atoms with Crippen molar-refractivity contribution in [3.05, 3.63) is 22.2 Å². The Labute approximate surface area is 123 Å². The predicted molar refractivity (Wildman–Crippen MR) is 70.1 cm³/mol. The van der Waals surface area contributed by atoms with Gasteiger partial charge < -0.3 is 21.9 Å². The van der Waals surface area contributed by atoms with E-state index in [9.17, 15) is 0 Å². The smallest absolute Gasteiger partial charge is 0.165 e. The van der Waals surface area contributed by atoms with E-state index in [4.69, 9.17) is 23.2 Å². The van der Waals surface area contributed by atoms with Gasteiger partial charge in [0, 0.05) is 19.5 Å². The molecule has 0 saturated carbocycles. The molecule has 5 heteroatoms. The molecule has 0 amide bonds. The molecule has 2 unspecified atom stereocenters. The molecule has 0 radical (unpaired) electrons. The highest BCUT2D eigenvalue weighted by molar-refractivity contribution is 6.42. The van der Waals surface area contributed by atoms with E-state index in [-0.39, 0.29) is 17.0 Å². The minimum atomic E-state index is 0. The first-order valence-electron chi connectivity index (χ1n) is 5.71. The van der Waals surface area contributed by atoms with Gasteiger partial charge in [-0.1, -0.05) is 23.2 Å².